The Bertz CT molecular complexity index is 660. The average Bonchev–Trinajstić information content (AvgIpc) is 2.63. The van der Waals surface area contributed by atoms with Gasteiger partial charge in [0.2, 0.25) is 15.9 Å². The van der Waals surface area contributed by atoms with E-state index < -0.39 is 34.5 Å². The Morgan fingerprint density at radius 2 is 1.96 bits per heavy atom. The van der Waals surface area contributed by atoms with Crippen LogP contribution >= 0.6 is 0 Å². The molecule has 23 heavy (non-hydrogen) atoms. The van der Waals surface area contributed by atoms with Gasteiger partial charge in [0.05, 0.1) is 5.75 Å². The van der Waals surface area contributed by atoms with E-state index >= 15 is 0 Å². The van der Waals surface area contributed by atoms with Crippen LogP contribution in [0.15, 0.2) is 30.3 Å². The van der Waals surface area contributed by atoms with Crippen LogP contribution in [0.4, 0.5) is 0 Å². The van der Waals surface area contributed by atoms with Gasteiger partial charge in [-0.1, -0.05) is 30.3 Å². The SMILES string of the molecule is O=C(O)CN1CCCCC(NS(=O)(=O)Cc2ccccc2)C1=O. The summed E-state index contributed by atoms with van der Waals surface area (Å²) in [5.41, 5.74) is 0.628. The summed E-state index contributed by atoms with van der Waals surface area (Å²) >= 11 is 0. The van der Waals surface area contributed by atoms with E-state index in [0.29, 0.717) is 31.4 Å². The van der Waals surface area contributed by atoms with Gasteiger partial charge in [0, 0.05) is 6.54 Å². The molecular weight excluding hydrogens is 320 g/mol. The van der Waals surface area contributed by atoms with E-state index in [1.54, 1.807) is 30.3 Å². The fourth-order valence-corrected chi connectivity index (χ4v) is 3.95. The molecule has 2 rings (SSSR count). The molecule has 0 bridgehead atoms. The van der Waals surface area contributed by atoms with Crippen molar-refractivity contribution in [1.29, 1.82) is 0 Å². The number of likely N-dealkylation sites (tertiary alicyclic amines) is 1. The Hall–Kier alpha value is -1.93. The standard InChI is InChI=1S/C15H20N2O5S/c18-14(19)10-17-9-5-4-8-13(15(17)20)16-23(21,22)11-12-6-2-1-3-7-12/h1-3,6-7,13,16H,4-5,8-11H2,(H,18,19). The molecule has 1 heterocycles. The molecule has 1 atom stereocenters. The minimum Gasteiger partial charge on any atom is -0.480 e. The number of carbonyl (C=O) groups excluding carboxylic acids is 1. The summed E-state index contributed by atoms with van der Waals surface area (Å²) in [5, 5.41) is 8.86. The maximum atomic E-state index is 12.3. The Morgan fingerprint density at radius 1 is 1.26 bits per heavy atom. The van der Waals surface area contributed by atoms with Crippen molar-refractivity contribution in [1.82, 2.24) is 9.62 Å². The molecule has 126 valence electrons. The lowest BCUT2D eigenvalue weighted by Crippen LogP contribution is -2.48. The number of hydrogen-bond donors (Lipinski definition) is 2. The van der Waals surface area contributed by atoms with Crippen LogP contribution in [0, 0.1) is 0 Å². The van der Waals surface area contributed by atoms with Crippen LogP contribution in [0.2, 0.25) is 0 Å². The number of amides is 1. The van der Waals surface area contributed by atoms with Gasteiger partial charge in [-0.15, -0.1) is 0 Å². The summed E-state index contributed by atoms with van der Waals surface area (Å²) in [4.78, 5) is 24.4. The van der Waals surface area contributed by atoms with Crippen molar-refractivity contribution in [2.75, 3.05) is 13.1 Å². The first kappa shape index (κ1) is 17.4. The van der Waals surface area contributed by atoms with Gasteiger partial charge >= 0.3 is 5.97 Å². The van der Waals surface area contributed by atoms with Crippen LogP contribution in [-0.4, -0.2) is 49.4 Å². The normalized spacial score (nSPS) is 19.4. The molecular formula is C15H20N2O5S. The predicted molar refractivity (Wildman–Crippen MR) is 84.1 cm³/mol. The van der Waals surface area contributed by atoms with Crippen LogP contribution in [0.1, 0.15) is 24.8 Å². The summed E-state index contributed by atoms with van der Waals surface area (Å²) in [7, 11) is -3.68. The molecule has 1 fully saturated rings. The molecule has 2 N–H and O–H groups in total. The van der Waals surface area contributed by atoms with Crippen LogP contribution in [0.5, 0.6) is 0 Å². The monoisotopic (exact) mass is 340 g/mol. The summed E-state index contributed by atoms with van der Waals surface area (Å²) < 4.78 is 26.9. The second-order valence-corrected chi connectivity index (χ2v) is 7.32. The van der Waals surface area contributed by atoms with Gasteiger partial charge in [0.15, 0.2) is 0 Å². The lowest BCUT2D eigenvalue weighted by molar-refractivity contribution is -0.144. The van der Waals surface area contributed by atoms with Crippen LogP contribution in [0.25, 0.3) is 0 Å². The molecule has 1 aliphatic heterocycles. The number of sulfonamides is 1. The highest BCUT2D eigenvalue weighted by Crippen LogP contribution is 2.14. The molecule has 0 saturated carbocycles. The zero-order valence-electron chi connectivity index (χ0n) is 12.6. The summed E-state index contributed by atoms with van der Waals surface area (Å²) in [5.74, 6) is -1.79. The first-order chi connectivity index (χ1) is 10.9. The van der Waals surface area contributed by atoms with Crippen molar-refractivity contribution in [2.45, 2.75) is 31.1 Å². The third kappa shape index (κ3) is 5.33. The molecule has 8 heteroatoms. The number of carboxylic acids is 1. The van der Waals surface area contributed by atoms with Crippen LogP contribution in [0.3, 0.4) is 0 Å². The van der Waals surface area contributed by atoms with Gasteiger partial charge < -0.3 is 10.0 Å². The summed E-state index contributed by atoms with van der Waals surface area (Å²) in [6.45, 7) is -0.0716. The molecule has 1 aromatic carbocycles. The minimum absolute atomic E-state index is 0.212. The summed E-state index contributed by atoms with van der Waals surface area (Å²) in [6.07, 6.45) is 1.71. The van der Waals surface area contributed by atoms with Crippen molar-refractivity contribution < 1.29 is 23.1 Å². The fraction of sp³-hybridized carbons (Fsp3) is 0.467. The topological polar surface area (TPSA) is 104 Å². The lowest BCUT2D eigenvalue weighted by atomic mass is 10.1. The zero-order valence-corrected chi connectivity index (χ0v) is 13.5. The van der Waals surface area contributed by atoms with Gasteiger partial charge in [0.25, 0.3) is 0 Å². The predicted octanol–water partition coefficient (Wildman–Crippen LogP) is 0.572. The molecule has 7 nitrogen and oxygen atoms in total. The molecule has 1 aliphatic rings. The van der Waals surface area contributed by atoms with Crippen molar-refractivity contribution in [2.24, 2.45) is 0 Å². The molecule has 0 aromatic heterocycles. The van der Waals surface area contributed by atoms with E-state index in [-0.39, 0.29) is 5.75 Å². The van der Waals surface area contributed by atoms with E-state index in [4.69, 9.17) is 5.11 Å². The van der Waals surface area contributed by atoms with Crippen LogP contribution < -0.4 is 4.72 Å². The van der Waals surface area contributed by atoms with Gasteiger partial charge in [-0.3, -0.25) is 9.59 Å². The van der Waals surface area contributed by atoms with E-state index in [1.165, 1.54) is 4.90 Å². The van der Waals surface area contributed by atoms with Crippen molar-refractivity contribution in [3.8, 4) is 0 Å². The first-order valence-electron chi connectivity index (χ1n) is 7.42. The Balaban J connectivity index is 2.07. The van der Waals surface area contributed by atoms with Gasteiger partial charge in [0.1, 0.15) is 12.6 Å². The number of carbonyl (C=O) groups is 2. The minimum atomic E-state index is -3.68. The largest absolute Gasteiger partial charge is 0.480 e. The highest BCUT2D eigenvalue weighted by atomic mass is 32.2. The van der Waals surface area contributed by atoms with E-state index in [9.17, 15) is 18.0 Å². The molecule has 0 radical (unpaired) electrons. The van der Waals surface area contributed by atoms with Crippen LogP contribution in [-0.2, 0) is 25.4 Å². The second kappa shape index (κ2) is 7.56. The maximum absolute atomic E-state index is 12.3. The fourth-order valence-electron chi connectivity index (χ4n) is 2.59. The average molecular weight is 340 g/mol. The van der Waals surface area contributed by atoms with E-state index in [0.717, 1.165) is 0 Å². The summed E-state index contributed by atoms with van der Waals surface area (Å²) in [6, 6.07) is 7.79. The van der Waals surface area contributed by atoms with E-state index in [1.807, 2.05) is 0 Å². The quantitative estimate of drug-likeness (QED) is 0.788. The number of aliphatic carboxylic acids is 1. The number of rotatable bonds is 6. The number of nitrogens with zero attached hydrogens (tertiary/aromatic N) is 1. The Kier molecular flexibility index (Phi) is 5.73. The van der Waals surface area contributed by atoms with Crippen molar-refractivity contribution >= 4 is 21.9 Å². The molecule has 1 amide bonds. The van der Waals surface area contributed by atoms with Crippen molar-refractivity contribution in [3.05, 3.63) is 35.9 Å². The number of hydrogen-bond acceptors (Lipinski definition) is 4. The van der Waals surface area contributed by atoms with Gasteiger partial charge in [-0.25, -0.2) is 13.1 Å². The highest BCUT2D eigenvalue weighted by molar-refractivity contribution is 7.88. The van der Waals surface area contributed by atoms with Crippen molar-refractivity contribution in [3.63, 3.8) is 0 Å². The molecule has 0 aliphatic carbocycles. The maximum Gasteiger partial charge on any atom is 0.323 e. The van der Waals surface area contributed by atoms with Gasteiger partial charge in [-0.2, -0.15) is 0 Å². The molecule has 1 saturated heterocycles. The Morgan fingerprint density at radius 3 is 2.61 bits per heavy atom. The molecule has 1 unspecified atom stereocenters. The van der Waals surface area contributed by atoms with Gasteiger partial charge in [-0.05, 0) is 24.8 Å². The smallest absolute Gasteiger partial charge is 0.323 e. The van der Waals surface area contributed by atoms with E-state index in [2.05, 4.69) is 4.72 Å². The third-order valence-electron chi connectivity index (χ3n) is 3.63. The number of carboxylic acid groups (broad SMARTS) is 1. The number of benzene rings is 1. The Labute approximate surface area is 135 Å². The zero-order chi connectivity index (χ0) is 16.9. The molecule has 1 aromatic rings. The molecule has 0 spiro atoms. The first-order valence-corrected chi connectivity index (χ1v) is 9.07. The lowest BCUT2D eigenvalue weighted by Gasteiger charge is -2.23. The third-order valence-corrected chi connectivity index (χ3v) is 4.99. The second-order valence-electron chi connectivity index (χ2n) is 5.56. The highest BCUT2D eigenvalue weighted by Gasteiger charge is 2.31. The number of nitrogens with one attached hydrogen (secondary N) is 1.